The molecule has 0 heterocycles. The van der Waals surface area contributed by atoms with E-state index in [-0.39, 0.29) is 44.1 Å². The van der Waals surface area contributed by atoms with Crippen LogP contribution in [0.1, 0.15) is 51.5 Å². The molecule has 1 aromatic rings. The second-order valence-corrected chi connectivity index (χ2v) is 9.83. The molecule has 0 fully saturated rings. The van der Waals surface area contributed by atoms with Crippen molar-refractivity contribution in [2.24, 2.45) is 28.1 Å². The number of nitrogens with one attached hydrogen (secondary N) is 3. The Bertz CT molecular complexity index is 1030. The minimum atomic E-state index is -1.49. The third kappa shape index (κ3) is 13.6. The van der Waals surface area contributed by atoms with Crippen LogP contribution in [-0.4, -0.2) is 76.5 Å². The van der Waals surface area contributed by atoms with Crippen molar-refractivity contribution >= 4 is 35.6 Å². The van der Waals surface area contributed by atoms with E-state index in [1.165, 1.54) is 0 Å². The van der Waals surface area contributed by atoms with Gasteiger partial charge in [-0.25, -0.2) is 4.79 Å². The van der Waals surface area contributed by atoms with Gasteiger partial charge in [0.15, 0.2) is 5.96 Å². The molecule has 0 radical (unpaired) electrons. The Morgan fingerprint density at radius 1 is 0.850 bits per heavy atom. The highest BCUT2D eigenvalue weighted by atomic mass is 16.4. The van der Waals surface area contributed by atoms with Crippen molar-refractivity contribution in [1.82, 2.24) is 16.0 Å². The molecule has 0 aromatic heterocycles. The fraction of sp³-hybridized carbons (Fsp3) is 0.538. The van der Waals surface area contributed by atoms with Crippen molar-refractivity contribution in [2.45, 2.75) is 76.5 Å². The summed E-state index contributed by atoms with van der Waals surface area (Å²) in [5.41, 5.74) is 17.4. The number of carbonyl (C=O) groups excluding carboxylic acids is 3. The van der Waals surface area contributed by atoms with Crippen molar-refractivity contribution in [1.29, 1.82) is 0 Å². The Hall–Kier alpha value is -4.20. The van der Waals surface area contributed by atoms with Gasteiger partial charge in [0.1, 0.15) is 18.1 Å². The summed E-state index contributed by atoms with van der Waals surface area (Å²) in [6, 6.07) is 4.25. The van der Waals surface area contributed by atoms with E-state index in [0.717, 1.165) is 5.56 Å². The van der Waals surface area contributed by atoms with Crippen LogP contribution in [-0.2, 0) is 30.4 Å². The molecule has 4 atom stereocenters. The van der Waals surface area contributed by atoms with Gasteiger partial charge in [0.2, 0.25) is 17.7 Å². The van der Waals surface area contributed by atoms with Crippen molar-refractivity contribution < 1.29 is 34.2 Å². The molecule has 0 aliphatic rings. The molecule has 14 heteroatoms. The Morgan fingerprint density at radius 3 is 1.98 bits per heavy atom. The molecule has 222 valence electrons. The summed E-state index contributed by atoms with van der Waals surface area (Å²) in [6.07, 6.45) is -0.0670. The van der Waals surface area contributed by atoms with Crippen molar-refractivity contribution in [3.63, 3.8) is 0 Å². The molecule has 11 N–H and O–H groups in total. The third-order valence-corrected chi connectivity index (χ3v) is 5.82. The van der Waals surface area contributed by atoms with E-state index < -0.39 is 60.2 Å². The van der Waals surface area contributed by atoms with E-state index in [1.54, 1.807) is 30.3 Å². The first-order chi connectivity index (χ1) is 18.8. The van der Waals surface area contributed by atoms with Crippen molar-refractivity contribution in [2.75, 3.05) is 6.54 Å². The smallest absolute Gasteiger partial charge is 0.326 e. The van der Waals surface area contributed by atoms with Gasteiger partial charge in [0, 0.05) is 19.4 Å². The molecule has 0 saturated heterocycles. The van der Waals surface area contributed by atoms with Gasteiger partial charge in [0.05, 0.1) is 6.04 Å². The first-order valence-electron chi connectivity index (χ1n) is 13.0. The molecule has 1 aromatic carbocycles. The monoisotopic (exact) mass is 563 g/mol. The van der Waals surface area contributed by atoms with Crippen LogP contribution in [0.3, 0.4) is 0 Å². The molecule has 4 unspecified atom stereocenters. The van der Waals surface area contributed by atoms with E-state index >= 15 is 0 Å². The zero-order valence-electron chi connectivity index (χ0n) is 22.8. The fourth-order valence-corrected chi connectivity index (χ4v) is 3.79. The maximum Gasteiger partial charge on any atom is 0.326 e. The number of aliphatic carboxylic acids is 2. The second kappa shape index (κ2) is 17.4. The lowest BCUT2D eigenvalue weighted by Crippen LogP contribution is -2.57. The number of guanidine groups is 1. The molecule has 0 spiro atoms. The lowest BCUT2D eigenvalue weighted by Gasteiger charge is -2.25. The first-order valence-corrected chi connectivity index (χ1v) is 13.0. The van der Waals surface area contributed by atoms with Gasteiger partial charge < -0.3 is 43.4 Å². The van der Waals surface area contributed by atoms with Gasteiger partial charge in [-0.1, -0.05) is 44.2 Å². The van der Waals surface area contributed by atoms with E-state index in [0.29, 0.717) is 6.42 Å². The fourth-order valence-electron chi connectivity index (χ4n) is 3.79. The van der Waals surface area contributed by atoms with Crippen LogP contribution in [0.2, 0.25) is 0 Å². The minimum Gasteiger partial charge on any atom is -0.481 e. The quantitative estimate of drug-likeness (QED) is 0.0618. The lowest BCUT2D eigenvalue weighted by molar-refractivity contribution is -0.143. The Kier molecular flexibility index (Phi) is 14.7. The number of carboxylic acid groups (broad SMARTS) is 2. The maximum absolute atomic E-state index is 13.4. The molecular weight excluding hydrogens is 522 g/mol. The van der Waals surface area contributed by atoms with E-state index in [2.05, 4.69) is 20.9 Å². The summed E-state index contributed by atoms with van der Waals surface area (Å²) in [4.78, 5) is 65.6. The Balaban J connectivity index is 3.15. The average molecular weight is 564 g/mol. The normalized spacial score (nSPS) is 13.8. The lowest BCUT2D eigenvalue weighted by atomic mass is 10.0. The summed E-state index contributed by atoms with van der Waals surface area (Å²) < 4.78 is 0. The number of rotatable bonds is 18. The minimum absolute atomic E-state index is 0.0263. The third-order valence-electron chi connectivity index (χ3n) is 5.82. The molecule has 0 saturated carbocycles. The highest BCUT2D eigenvalue weighted by molar-refractivity contribution is 5.94. The predicted octanol–water partition coefficient (Wildman–Crippen LogP) is -0.940. The molecule has 0 aliphatic heterocycles. The van der Waals surface area contributed by atoms with Crippen LogP contribution in [0.4, 0.5) is 0 Å². The second-order valence-electron chi connectivity index (χ2n) is 9.83. The molecule has 14 nitrogen and oxygen atoms in total. The zero-order valence-corrected chi connectivity index (χ0v) is 22.8. The van der Waals surface area contributed by atoms with Gasteiger partial charge in [-0.2, -0.15) is 0 Å². The topological polar surface area (TPSA) is 252 Å². The van der Waals surface area contributed by atoms with Gasteiger partial charge >= 0.3 is 11.9 Å². The molecule has 1 rings (SSSR count). The Labute approximate surface area is 233 Å². The number of carbonyl (C=O) groups is 5. The average Bonchev–Trinajstić information content (AvgIpc) is 2.87. The largest absolute Gasteiger partial charge is 0.481 e. The molecule has 0 bridgehead atoms. The number of nitrogens with zero attached hydrogens (tertiary/aromatic N) is 1. The van der Waals surface area contributed by atoms with Gasteiger partial charge in [-0.15, -0.1) is 0 Å². The van der Waals surface area contributed by atoms with Crippen LogP contribution in [0.25, 0.3) is 0 Å². The highest BCUT2D eigenvalue weighted by Crippen LogP contribution is 2.09. The number of hydrogen-bond donors (Lipinski definition) is 8. The van der Waals surface area contributed by atoms with Crippen molar-refractivity contribution in [3.8, 4) is 0 Å². The number of aliphatic imine (C=N–C) groups is 1. The zero-order chi connectivity index (χ0) is 30.2. The van der Waals surface area contributed by atoms with E-state index in [9.17, 15) is 29.1 Å². The maximum atomic E-state index is 13.4. The van der Waals surface area contributed by atoms with Crippen LogP contribution in [0.5, 0.6) is 0 Å². The molecule has 3 amide bonds. The van der Waals surface area contributed by atoms with E-state index in [4.69, 9.17) is 22.3 Å². The number of benzene rings is 1. The SMILES string of the molecule is CC(C)CC(N)C(=O)NC(Cc1ccccc1)C(=O)NC(CCCN=C(N)N)C(=O)NC(CCC(=O)O)C(=O)O. The Morgan fingerprint density at radius 2 is 1.43 bits per heavy atom. The van der Waals surface area contributed by atoms with E-state index in [1.807, 2.05) is 13.8 Å². The number of nitrogens with two attached hydrogens (primary N) is 3. The standard InChI is InChI=1S/C26H41N7O7/c1-15(2)13-17(27)22(36)33-20(14-16-7-4-3-5-8-16)24(38)31-18(9-6-12-30-26(28)29)23(37)32-19(25(39)40)10-11-21(34)35/h3-5,7-8,15,17-20H,6,9-14,27H2,1-2H3,(H,31,38)(H,32,37)(H,33,36)(H,34,35)(H,39,40)(H4,28,29,30). The van der Waals surface area contributed by atoms with Crippen LogP contribution in [0.15, 0.2) is 35.3 Å². The molecule has 40 heavy (non-hydrogen) atoms. The summed E-state index contributed by atoms with van der Waals surface area (Å²) in [5.74, 6) is -4.72. The highest BCUT2D eigenvalue weighted by Gasteiger charge is 2.30. The van der Waals surface area contributed by atoms with Gasteiger partial charge in [-0.05, 0) is 37.2 Å². The summed E-state index contributed by atoms with van der Waals surface area (Å²) >= 11 is 0. The van der Waals surface area contributed by atoms with Crippen LogP contribution < -0.4 is 33.2 Å². The summed E-state index contributed by atoms with van der Waals surface area (Å²) in [5, 5.41) is 25.9. The van der Waals surface area contributed by atoms with Gasteiger partial charge in [0.25, 0.3) is 0 Å². The molecule has 0 aliphatic carbocycles. The van der Waals surface area contributed by atoms with Crippen LogP contribution in [0, 0.1) is 5.92 Å². The van der Waals surface area contributed by atoms with Gasteiger partial charge in [-0.3, -0.25) is 24.2 Å². The van der Waals surface area contributed by atoms with Crippen molar-refractivity contribution in [3.05, 3.63) is 35.9 Å². The summed E-state index contributed by atoms with van der Waals surface area (Å²) in [7, 11) is 0. The summed E-state index contributed by atoms with van der Waals surface area (Å²) in [6.45, 7) is 3.96. The predicted molar refractivity (Wildman–Crippen MR) is 148 cm³/mol. The number of carboxylic acids is 2. The number of amides is 3. The van der Waals surface area contributed by atoms with Crippen LogP contribution >= 0.6 is 0 Å². The first kappa shape index (κ1) is 33.8. The number of hydrogen-bond acceptors (Lipinski definition) is 7. The molecular formula is C26H41N7O7.